The lowest BCUT2D eigenvalue weighted by atomic mass is 10.1. The van der Waals surface area contributed by atoms with Crippen molar-refractivity contribution in [3.8, 4) is 5.75 Å². The zero-order chi connectivity index (χ0) is 17.8. The number of nitrogens with zero attached hydrogens (tertiary/aromatic N) is 1. The van der Waals surface area contributed by atoms with E-state index in [1.807, 2.05) is 36.4 Å². The van der Waals surface area contributed by atoms with Gasteiger partial charge in [0, 0.05) is 12.8 Å². The molecule has 2 aromatic carbocycles. The molecule has 0 saturated carbocycles. The van der Waals surface area contributed by atoms with Gasteiger partial charge in [-0.15, -0.1) is 11.3 Å². The summed E-state index contributed by atoms with van der Waals surface area (Å²) in [4.78, 5) is 16.7. The summed E-state index contributed by atoms with van der Waals surface area (Å²) in [6.07, 6.45) is 4.29. The van der Waals surface area contributed by atoms with Crippen molar-refractivity contribution in [2.75, 3.05) is 6.54 Å². The first kappa shape index (κ1) is 17.0. The molecule has 2 heterocycles. The number of carbonyl (C=O) groups is 1. The Hall–Kier alpha value is -2.40. The van der Waals surface area contributed by atoms with Crippen LogP contribution in [0.5, 0.6) is 5.75 Å². The zero-order valence-electron chi connectivity index (χ0n) is 14.6. The zero-order valence-corrected chi connectivity index (χ0v) is 15.4. The number of para-hydroxylation sites is 2. The molecule has 0 fully saturated rings. The van der Waals surface area contributed by atoms with Gasteiger partial charge in [0.15, 0.2) is 0 Å². The van der Waals surface area contributed by atoms with Gasteiger partial charge >= 0.3 is 0 Å². The Bertz CT molecular complexity index is 848. The first-order valence-corrected chi connectivity index (χ1v) is 9.95. The summed E-state index contributed by atoms with van der Waals surface area (Å²) in [5.41, 5.74) is 2.30. The van der Waals surface area contributed by atoms with E-state index in [1.54, 1.807) is 11.3 Å². The van der Waals surface area contributed by atoms with E-state index in [4.69, 9.17) is 4.74 Å². The van der Waals surface area contributed by atoms with Crippen molar-refractivity contribution >= 4 is 27.5 Å². The van der Waals surface area contributed by atoms with E-state index >= 15 is 0 Å². The smallest absolute Gasteiger partial charge is 0.220 e. The molecular formula is C21H22N2O2S. The number of thiazole rings is 1. The average Bonchev–Trinajstić information content (AvgIpc) is 3.26. The highest BCUT2D eigenvalue weighted by molar-refractivity contribution is 7.18. The Labute approximate surface area is 157 Å². The Balaban J connectivity index is 1.15. The second kappa shape index (κ2) is 7.87. The second-order valence-corrected chi connectivity index (χ2v) is 7.75. The van der Waals surface area contributed by atoms with Crippen LogP contribution in [0.25, 0.3) is 10.2 Å². The number of ether oxygens (including phenoxy) is 1. The molecule has 134 valence electrons. The molecule has 1 atom stereocenters. The number of fused-ring (bicyclic) bond motifs is 2. The second-order valence-electron chi connectivity index (χ2n) is 6.64. The molecular weight excluding hydrogens is 344 g/mol. The van der Waals surface area contributed by atoms with Gasteiger partial charge in [-0.05, 0) is 43.0 Å². The molecule has 1 aromatic heterocycles. The van der Waals surface area contributed by atoms with Gasteiger partial charge in [0.05, 0.1) is 21.8 Å². The number of hydrogen-bond donors (Lipinski definition) is 1. The van der Waals surface area contributed by atoms with Gasteiger partial charge < -0.3 is 10.1 Å². The van der Waals surface area contributed by atoms with E-state index in [9.17, 15) is 4.79 Å². The van der Waals surface area contributed by atoms with Crippen molar-refractivity contribution in [1.82, 2.24) is 10.3 Å². The standard InChI is InChI=1S/C21H22N2O2S/c24-20(22-14-16-13-15-7-1-3-9-18(15)25-16)11-5-6-12-21-23-17-8-2-4-10-19(17)26-21/h1-4,7-10,16H,5-6,11-14H2,(H,22,24). The number of rotatable bonds is 7. The molecule has 0 aliphatic carbocycles. The van der Waals surface area contributed by atoms with Crippen LogP contribution in [0.15, 0.2) is 48.5 Å². The summed E-state index contributed by atoms with van der Waals surface area (Å²) in [6.45, 7) is 0.575. The summed E-state index contributed by atoms with van der Waals surface area (Å²) >= 11 is 1.75. The van der Waals surface area contributed by atoms with Gasteiger partial charge in [0.1, 0.15) is 11.9 Å². The molecule has 1 N–H and O–H groups in total. The Morgan fingerprint density at radius 3 is 2.88 bits per heavy atom. The fourth-order valence-corrected chi connectivity index (χ4v) is 4.28. The molecule has 4 rings (SSSR count). The van der Waals surface area contributed by atoms with Crippen LogP contribution in [0, 0.1) is 0 Å². The third-order valence-corrected chi connectivity index (χ3v) is 5.72. The minimum atomic E-state index is 0.0547. The largest absolute Gasteiger partial charge is 0.488 e. The van der Waals surface area contributed by atoms with Crippen LogP contribution >= 0.6 is 11.3 Å². The van der Waals surface area contributed by atoms with Crippen molar-refractivity contribution in [2.24, 2.45) is 0 Å². The van der Waals surface area contributed by atoms with Crippen molar-refractivity contribution in [1.29, 1.82) is 0 Å². The summed E-state index contributed by atoms with van der Waals surface area (Å²) in [6, 6.07) is 16.3. The fourth-order valence-electron chi connectivity index (χ4n) is 3.27. The third-order valence-electron chi connectivity index (χ3n) is 4.62. The number of aromatic nitrogens is 1. The maximum absolute atomic E-state index is 12.0. The van der Waals surface area contributed by atoms with Gasteiger partial charge in [0.2, 0.25) is 5.91 Å². The number of nitrogens with one attached hydrogen (secondary N) is 1. The molecule has 0 spiro atoms. The Morgan fingerprint density at radius 2 is 2.00 bits per heavy atom. The highest BCUT2D eigenvalue weighted by Crippen LogP contribution is 2.27. The Kier molecular flexibility index (Phi) is 5.16. The predicted molar refractivity (Wildman–Crippen MR) is 105 cm³/mol. The fraction of sp³-hybridized carbons (Fsp3) is 0.333. The molecule has 1 amide bonds. The lowest BCUT2D eigenvalue weighted by Gasteiger charge is -2.11. The molecule has 0 saturated heterocycles. The third kappa shape index (κ3) is 4.05. The van der Waals surface area contributed by atoms with Crippen LogP contribution in [-0.2, 0) is 17.6 Å². The highest BCUT2D eigenvalue weighted by atomic mass is 32.1. The normalized spacial score (nSPS) is 15.6. The maximum Gasteiger partial charge on any atom is 0.220 e. The SMILES string of the molecule is O=C(CCCCc1nc2ccccc2s1)NCC1Cc2ccccc2O1. The lowest BCUT2D eigenvalue weighted by Crippen LogP contribution is -2.34. The van der Waals surface area contributed by atoms with E-state index in [0.29, 0.717) is 13.0 Å². The average molecular weight is 366 g/mol. The van der Waals surface area contributed by atoms with Crippen LogP contribution in [0.4, 0.5) is 0 Å². The molecule has 26 heavy (non-hydrogen) atoms. The van der Waals surface area contributed by atoms with Gasteiger partial charge in [-0.2, -0.15) is 0 Å². The molecule has 5 heteroatoms. The van der Waals surface area contributed by atoms with E-state index in [-0.39, 0.29) is 12.0 Å². The first-order valence-electron chi connectivity index (χ1n) is 9.13. The number of amides is 1. The van der Waals surface area contributed by atoms with Crippen LogP contribution < -0.4 is 10.1 Å². The molecule has 1 unspecified atom stereocenters. The quantitative estimate of drug-likeness (QED) is 0.640. The molecule has 0 bridgehead atoms. The van der Waals surface area contributed by atoms with Crippen LogP contribution in [0.2, 0.25) is 0 Å². The van der Waals surface area contributed by atoms with Gasteiger partial charge in [-0.25, -0.2) is 4.98 Å². The van der Waals surface area contributed by atoms with Gasteiger partial charge in [-0.3, -0.25) is 4.79 Å². The maximum atomic E-state index is 12.0. The Morgan fingerprint density at radius 1 is 1.15 bits per heavy atom. The van der Waals surface area contributed by atoms with Crippen molar-refractivity contribution in [3.63, 3.8) is 0 Å². The molecule has 1 aliphatic heterocycles. The van der Waals surface area contributed by atoms with Crippen LogP contribution in [0.1, 0.15) is 29.8 Å². The summed E-state index contributed by atoms with van der Waals surface area (Å²) in [7, 11) is 0. The van der Waals surface area contributed by atoms with Crippen LogP contribution in [0.3, 0.4) is 0 Å². The molecule has 4 nitrogen and oxygen atoms in total. The summed E-state index contributed by atoms with van der Waals surface area (Å²) < 4.78 is 7.08. The molecule has 1 aliphatic rings. The lowest BCUT2D eigenvalue weighted by molar-refractivity contribution is -0.121. The minimum absolute atomic E-state index is 0.0547. The summed E-state index contributed by atoms with van der Waals surface area (Å²) in [5.74, 6) is 1.05. The first-order chi connectivity index (χ1) is 12.8. The number of benzene rings is 2. The highest BCUT2D eigenvalue weighted by Gasteiger charge is 2.22. The van der Waals surface area contributed by atoms with Crippen LogP contribution in [-0.4, -0.2) is 23.5 Å². The van der Waals surface area contributed by atoms with Crippen molar-refractivity contribution in [3.05, 3.63) is 59.1 Å². The minimum Gasteiger partial charge on any atom is -0.488 e. The predicted octanol–water partition coefficient (Wildman–Crippen LogP) is 4.13. The number of carbonyl (C=O) groups excluding carboxylic acids is 1. The van der Waals surface area contributed by atoms with E-state index < -0.39 is 0 Å². The molecule has 3 aromatic rings. The number of unbranched alkanes of at least 4 members (excludes halogenated alkanes) is 1. The molecule has 0 radical (unpaired) electrons. The van der Waals surface area contributed by atoms with E-state index in [2.05, 4.69) is 22.4 Å². The van der Waals surface area contributed by atoms with E-state index in [0.717, 1.165) is 42.0 Å². The number of aryl methyl sites for hydroxylation is 1. The van der Waals surface area contributed by atoms with Crippen molar-refractivity contribution < 1.29 is 9.53 Å². The monoisotopic (exact) mass is 366 g/mol. The van der Waals surface area contributed by atoms with Gasteiger partial charge in [0.25, 0.3) is 0 Å². The van der Waals surface area contributed by atoms with Crippen molar-refractivity contribution in [2.45, 2.75) is 38.2 Å². The van der Waals surface area contributed by atoms with E-state index in [1.165, 1.54) is 10.3 Å². The topological polar surface area (TPSA) is 51.2 Å². The number of hydrogen-bond acceptors (Lipinski definition) is 4. The summed E-state index contributed by atoms with van der Waals surface area (Å²) in [5, 5.41) is 4.16. The van der Waals surface area contributed by atoms with Gasteiger partial charge in [-0.1, -0.05) is 30.3 Å².